The molecule has 0 aliphatic heterocycles. The molecule has 2 aromatic rings. The van der Waals surface area contributed by atoms with Crippen LogP contribution in [0.5, 0.6) is 0 Å². The number of benzene rings is 2. The molecule has 0 aliphatic carbocycles. The van der Waals surface area contributed by atoms with Crippen molar-refractivity contribution >= 4 is 8.32 Å². The van der Waals surface area contributed by atoms with Gasteiger partial charge in [0.05, 0.1) is 18.8 Å². The van der Waals surface area contributed by atoms with E-state index in [1.807, 2.05) is 19.1 Å². The van der Waals surface area contributed by atoms with Gasteiger partial charge in [0, 0.05) is 13.1 Å². The molecule has 0 spiro atoms. The molecule has 0 fully saturated rings. The summed E-state index contributed by atoms with van der Waals surface area (Å²) >= 11 is 0. The van der Waals surface area contributed by atoms with Crippen LogP contribution in [-0.2, 0) is 17.5 Å². The Morgan fingerprint density at radius 2 is 1.32 bits per heavy atom. The summed E-state index contributed by atoms with van der Waals surface area (Å²) in [5.41, 5.74) is 2.49. The van der Waals surface area contributed by atoms with Crippen molar-refractivity contribution in [2.75, 3.05) is 6.61 Å². The predicted octanol–water partition coefficient (Wildman–Crippen LogP) is 5.46. The number of aliphatic hydroxyl groups is 1. The third-order valence-corrected chi connectivity index (χ3v) is 10.4. The van der Waals surface area contributed by atoms with E-state index < -0.39 is 14.4 Å². The summed E-state index contributed by atoms with van der Waals surface area (Å²) in [7, 11) is -1.88. The second kappa shape index (κ2) is 9.84. The summed E-state index contributed by atoms with van der Waals surface area (Å²) in [6.45, 7) is 15.3. The van der Waals surface area contributed by atoms with Crippen LogP contribution in [0.25, 0.3) is 0 Å². The monoisotopic (exact) mass is 399 g/mol. The highest BCUT2D eigenvalue weighted by atomic mass is 28.4. The van der Waals surface area contributed by atoms with Crippen LogP contribution >= 0.6 is 0 Å². The molecular weight excluding hydrogens is 362 g/mol. The molecule has 4 heteroatoms. The van der Waals surface area contributed by atoms with E-state index in [-0.39, 0.29) is 11.1 Å². The minimum Gasteiger partial charge on any atom is -0.415 e. The molecule has 0 aliphatic rings. The molecule has 0 saturated carbocycles. The first kappa shape index (κ1) is 22.8. The average Bonchev–Trinajstić information content (AvgIpc) is 2.62. The van der Waals surface area contributed by atoms with Crippen LogP contribution in [0.3, 0.4) is 0 Å². The third-order valence-electron chi connectivity index (χ3n) is 5.90. The van der Waals surface area contributed by atoms with E-state index in [0.29, 0.717) is 6.61 Å². The van der Waals surface area contributed by atoms with E-state index in [1.54, 1.807) is 0 Å². The largest absolute Gasteiger partial charge is 0.415 e. The number of hydrogen-bond acceptors (Lipinski definition) is 3. The van der Waals surface area contributed by atoms with Gasteiger partial charge in [0.1, 0.15) is 0 Å². The molecule has 0 unspecified atom stereocenters. The van der Waals surface area contributed by atoms with Gasteiger partial charge in [-0.1, -0.05) is 81.4 Å². The maximum atomic E-state index is 10.6. The molecular formula is C24H37NO2Si. The van der Waals surface area contributed by atoms with E-state index in [2.05, 4.69) is 87.3 Å². The zero-order chi connectivity index (χ0) is 20.8. The minimum atomic E-state index is -1.88. The Labute approximate surface area is 172 Å². The fourth-order valence-electron chi connectivity index (χ4n) is 2.99. The van der Waals surface area contributed by atoms with Crippen molar-refractivity contribution in [1.29, 1.82) is 0 Å². The summed E-state index contributed by atoms with van der Waals surface area (Å²) in [5.74, 6) is 0. The molecule has 3 nitrogen and oxygen atoms in total. The molecule has 0 heterocycles. The molecule has 2 aromatic carbocycles. The second-order valence-corrected chi connectivity index (χ2v) is 14.1. The van der Waals surface area contributed by atoms with Gasteiger partial charge in [-0.2, -0.15) is 0 Å². The Morgan fingerprint density at radius 3 is 1.68 bits per heavy atom. The standard InChI is InChI=1S/C24H37NO2Si/c1-20(26)23(19-27-28(5,6)24(2,3)4)25(17-21-13-9-7-10-14-21)18-22-15-11-8-12-16-22/h7-16,20,23,26H,17-19H2,1-6H3/t20-,23-/m0/s1. The van der Waals surface area contributed by atoms with Crippen molar-refractivity contribution in [2.45, 2.75) is 71.1 Å². The third kappa shape index (κ3) is 6.56. The SMILES string of the molecule is C[C@H](O)[C@H](CO[Si](C)(C)C(C)(C)C)N(Cc1ccccc1)Cc1ccccc1. The Balaban J connectivity index is 2.23. The molecule has 28 heavy (non-hydrogen) atoms. The topological polar surface area (TPSA) is 32.7 Å². The first-order chi connectivity index (χ1) is 13.1. The molecule has 0 aromatic heterocycles. The zero-order valence-electron chi connectivity index (χ0n) is 18.4. The van der Waals surface area contributed by atoms with Crippen LogP contribution in [0.4, 0.5) is 0 Å². The highest BCUT2D eigenvalue weighted by Crippen LogP contribution is 2.36. The van der Waals surface area contributed by atoms with Gasteiger partial charge in [-0.05, 0) is 36.2 Å². The van der Waals surface area contributed by atoms with E-state index >= 15 is 0 Å². The Morgan fingerprint density at radius 1 is 0.893 bits per heavy atom. The Kier molecular flexibility index (Phi) is 8.02. The van der Waals surface area contributed by atoms with Gasteiger partial charge in [-0.25, -0.2) is 0 Å². The normalized spacial score (nSPS) is 14.9. The van der Waals surface area contributed by atoms with E-state index in [4.69, 9.17) is 4.43 Å². The fourth-order valence-corrected chi connectivity index (χ4v) is 4.01. The summed E-state index contributed by atoms with van der Waals surface area (Å²) < 4.78 is 6.51. The highest BCUT2D eigenvalue weighted by Gasteiger charge is 2.38. The summed E-state index contributed by atoms with van der Waals surface area (Å²) in [6.07, 6.45) is -0.475. The Bertz CT molecular complexity index is 654. The lowest BCUT2D eigenvalue weighted by Crippen LogP contribution is -2.49. The molecule has 0 bridgehead atoms. The molecule has 1 N–H and O–H groups in total. The number of hydrogen-bond donors (Lipinski definition) is 1. The summed E-state index contributed by atoms with van der Waals surface area (Å²) in [6, 6.07) is 20.9. The predicted molar refractivity (Wildman–Crippen MR) is 121 cm³/mol. The maximum Gasteiger partial charge on any atom is 0.192 e. The van der Waals surface area contributed by atoms with Crippen LogP contribution in [0.15, 0.2) is 60.7 Å². The fraction of sp³-hybridized carbons (Fsp3) is 0.500. The maximum absolute atomic E-state index is 10.6. The summed E-state index contributed by atoms with van der Waals surface area (Å²) in [5, 5.41) is 10.8. The second-order valence-electron chi connectivity index (χ2n) is 9.26. The van der Waals surface area contributed by atoms with Crippen molar-refractivity contribution in [2.24, 2.45) is 0 Å². The molecule has 0 saturated heterocycles. The number of aliphatic hydroxyl groups excluding tert-OH is 1. The Hall–Kier alpha value is -1.46. The zero-order valence-corrected chi connectivity index (χ0v) is 19.4. The highest BCUT2D eigenvalue weighted by molar-refractivity contribution is 6.74. The smallest absolute Gasteiger partial charge is 0.192 e. The van der Waals surface area contributed by atoms with Gasteiger partial charge >= 0.3 is 0 Å². The molecule has 2 atom stereocenters. The van der Waals surface area contributed by atoms with Gasteiger partial charge in [0.25, 0.3) is 0 Å². The van der Waals surface area contributed by atoms with E-state index in [9.17, 15) is 5.11 Å². The van der Waals surface area contributed by atoms with Crippen LogP contribution in [-0.4, -0.2) is 37.1 Å². The average molecular weight is 400 g/mol. The molecule has 2 rings (SSSR count). The van der Waals surface area contributed by atoms with Crippen molar-refractivity contribution in [3.05, 3.63) is 71.8 Å². The first-order valence-electron chi connectivity index (χ1n) is 10.2. The molecule has 0 radical (unpaired) electrons. The van der Waals surface area contributed by atoms with Crippen LogP contribution < -0.4 is 0 Å². The van der Waals surface area contributed by atoms with Gasteiger partial charge in [0.15, 0.2) is 8.32 Å². The number of rotatable bonds is 9. The van der Waals surface area contributed by atoms with Gasteiger partial charge in [-0.15, -0.1) is 0 Å². The van der Waals surface area contributed by atoms with Crippen molar-refractivity contribution in [3.8, 4) is 0 Å². The van der Waals surface area contributed by atoms with E-state index in [0.717, 1.165) is 13.1 Å². The molecule has 0 amide bonds. The lowest BCUT2D eigenvalue weighted by Gasteiger charge is -2.40. The van der Waals surface area contributed by atoms with Gasteiger partial charge in [-0.3, -0.25) is 4.90 Å². The lowest BCUT2D eigenvalue weighted by atomic mass is 10.1. The van der Waals surface area contributed by atoms with E-state index in [1.165, 1.54) is 11.1 Å². The van der Waals surface area contributed by atoms with Gasteiger partial charge in [0.2, 0.25) is 0 Å². The van der Waals surface area contributed by atoms with Crippen molar-refractivity contribution in [3.63, 3.8) is 0 Å². The van der Waals surface area contributed by atoms with Crippen LogP contribution in [0.1, 0.15) is 38.8 Å². The first-order valence-corrected chi connectivity index (χ1v) is 13.1. The number of nitrogens with zero attached hydrogens (tertiary/aromatic N) is 1. The lowest BCUT2D eigenvalue weighted by molar-refractivity contribution is 0.0195. The molecule has 154 valence electrons. The van der Waals surface area contributed by atoms with Crippen molar-refractivity contribution < 1.29 is 9.53 Å². The van der Waals surface area contributed by atoms with Crippen molar-refractivity contribution in [1.82, 2.24) is 4.90 Å². The van der Waals surface area contributed by atoms with Gasteiger partial charge < -0.3 is 9.53 Å². The van der Waals surface area contributed by atoms with Crippen LogP contribution in [0.2, 0.25) is 18.1 Å². The quantitative estimate of drug-likeness (QED) is 0.568. The minimum absolute atomic E-state index is 0.0606. The summed E-state index contributed by atoms with van der Waals surface area (Å²) in [4.78, 5) is 2.35. The van der Waals surface area contributed by atoms with Crippen LogP contribution in [0, 0.1) is 0 Å².